The number of nitrogens with one attached hydrogen (secondary N) is 1. The summed E-state index contributed by atoms with van der Waals surface area (Å²) in [5, 5.41) is 2.36. The minimum atomic E-state index is -0.801. The molecule has 0 aliphatic carbocycles. The van der Waals surface area contributed by atoms with Crippen molar-refractivity contribution in [2.75, 3.05) is 7.11 Å². The molecule has 0 aromatic rings. The maximum Gasteiger partial charge on any atom is 0.328 e. The Labute approximate surface area is 81.8 Å². The summed E-state index contributed by atoms with van der Waals surface area (Å²) < 4.78 is 4.44. The summed E-state index contributed by atoms with van der Waals surface area (Å²) in [6, 6.07) is -0.801. The topological polar surface area (TPSA) is 98.5 Å². The highest BCUT2D eigenvalue weighted by Gasteiger charge is 2.20. The zero-order chi connectivity index (χ0) is 11.1. The van der Waals surface area contributed by atoms with Crippen LogP contribution in [0.3, 0.4) is 0 Å². The molecule has 0 fully saturated rings. The van der Waals surface area contributed by atoms with Gasteiger partial charge in [0.15, 0.2) is 0 Å². The molecule has 80 valence electrons. The van der Waals surface area contributed by atoms with Crippen molar-refractivity contribution in [1.29, 1.82) is 0 Å². The van der Waals surface area contributed by atoms with E-state index in [2.05, 4.69) is 10.1 Å². The van der Waals surface area contributed by atoms with Gasteiger partial charge >= 0.3 is 5.97 Å². The Balaban J connectivity index is 4.17. The summed E-state index contributed by atoms with van der Waals surface area (Å²) >= 11 is 0. The molecular weight excluding hydrogens is 188 g/mol. The van der Waals surface area contributed by atoms with Gasteiger partial charge in [0.25, 0.3) is 0 Å². The van der Waals surface area contributed by atoms with Gasteiger partial charge in [-0.1, -0.05) is 0 Å². The fourth-order valence-corrected chi connectivity index (χ4v) is 0.923. The molecule has 14 heavy (non-hydrogen) atoms. The standard InChI is InChI=1S/C8H14N2O4/c1-5(11)10-6(8(13)14-2)3-4-7(9)12/h6H,3-4H2,1-2H3,(H2,9,12)(H,10,11)/t6-/m1/s1. The molecule has 6 nitrogen and oxygen atoms in total. The maximum absolute atomic E-state index is 11.1. The first-order valence-electron chi connectivity index (χ1n) is 4.10. The average Bonchev–Trinajstić information content (AvgIpc) is 2.10. The number of nitrogens with two attached hydrogens (primary N) is 1. The number of rotatable bonds is 5. The van der Waals surface area contributed by atoms with E-state index in [1.165, 1.54) is 14.0 Å². The van der Waals surface area contributed by atoms with Crippen LogP contribution in [0.15, 0.2) is 0 Å². The molecule has 0 radical (unpaired) electrons. The lowest BCUT2D eigenvalue weighted by molar-refractivity contribution is -0.145. The van der Waals surface area contributed by atoms with Crippen LogP contribution < -0.4 is 11.1 Å². The summed E-state index contributed by atoms with van der Waals surface area (Å²) in [6.45, 7) is 1.28. The van der Waals surface area contributed by atoms with Crippen LogP contribution in [0.25, 0.3) is 0 Å². The number of primary amides is 1. The summed E-state index contributed by atoms with van der Waals surface area (Å²) in [4.78, 5) is 32.2. The normalized spacial score (nSPS) is 11.6. The Morgan fingerprint density at radius 3 is 2.36 bits per heavy atom. The smallest absolute Gasteiger partial charge is 0.328 e. The Bertz CT molecular complexity index is 239. The first-order valence-corrected chi connectivity index (χ1v) is 4.10. The van der Waals surface area contributed by atoms with Gasteiger partial charge in [-0.25, -0.2) is 4.79 Å². The molecule has 0 aliphatic rings. The predicted octanol–water partition coefficient (Wildman–Crippen LogP) is -1.07. The highest BCUT2D eigenvalue weighted by Crippen LogP contribution is 1.99. The van der Waals surface area contributed by atoms with Gasteiger partial charge in [0, 0.05) is 13.3 Å². The maximum atomic E-state index is 11.1. The fraction of sp³-hybridized carbons (Fsp3) is 0.625. The number of amides is 2. The van der Waals surface area contributed by atoms with Gasteiger partial charge in [-0.05, 0) is 6.42 Å². The van der Waals surface area contributed by atoms with Crippen LogP contribution in [-0.2, 0) is 19.1 Å². The van der Waals surface area contributed by atoms with Gasteiger partial charge in [-0.15, -0.1) is 0 Å². The van der Waals surface area contributed by atoms with E-state index in [0.29, 0.717) is 0 Å². The molecule has 0 aromatic carbocycles. The van der Waals surface area contributed by atoms with Gasteiger partial charge in [-0.3, -0.25) is 9.59 Å². The highest BCUT2D eigenvalue weighted by molar-refractivity contribution is 5.84. The van der Waals surface area contributed by atoms with Crippen molar-refractivity contribution in [1.82, 2.24) is 5.32 Å². The molecule has 0 saturated carbocycles. The number of esters is 1. The molecular formula is C8H14N2O4. The lowest BCUT2D eigenvalue weighted by Gasteiger charge is -2.13. The van der Waals surface area contributed by atoms with Crippen molar-refractivity contribution in [2.24, 2.45) is 5.73 Å². The van der Waals surface area contributed by atoms with Crippen LogP contribution in [0.5, 0.6) is 0 Å². The van der Waals surface area contributed by atoms with Crippen molar-refractivity contribution in [3.63, 3.8) is 0 Å². The van der Waals surface area contributed by atoms with Gasteiger partial charge in [-0.2, -0.15) is 0 Å². The van der Waals surface area contributed by atoms with Gasteiger partial charge < -0.3 is 15.8 Å². The van der Waals surface area contributed by atoms with Crippen LogP contribution in [0.1, 0.15) is 19.8 Å². The van der Waals surface area contributed by atoms with Crippen LogP contribution in [0, 0.1) is 0 Å². The molecule has 3 N–H and O–H groups in total. The highest BCUT2D eigenvalue weighted by atomic mass is 16.5. The van der Waals surface area contributed by atoms with E-state index in [1.807, 2.05) is 0 Å². The molecule has 2 amide bonds. The minimum Gasteiger partial charge on any atom is -0.467 e. The predicted molar refractivity (Wildman–Crippen MR) is 48.0 cm³/mol. The molecule has 0 aromatic heterocycles. The molecule has 6 heteroatoms. The lowest BCUT2D eigenvalue weighted by atomic mass is 10.1. The second-order valence-electron chi connectivity index (χ2n) is 2.78. The number of hydrogen-bond donors (Lipinski definition) is 2. The average molecular weight is 202 g/mol. The van der Waals surface area contributed by atoms with E-state index in [-0.39, 0.29) is 18.7 Å². The Hall–Kier alpha value is -1.59. The number of carbonyl (C=O) groups is 3. The fourth-order valence-electron chi connectivity index (χ4n) is 0.923. The van der Waals surface area contributed by atoms with E-state index in [9.17, 15) is 14.4 Å². The molecule has 0 unspecified atom stereocenters. The zero-order valence-electron chi connectivity index (χ0n) is 8.20. The monoisotopic (exact) mass is 202 g/mol. The van der Waals surface area contributed by atoms with E-state index < -0.39 is 17.9 Å². The molecule has 0 heterocycles. The van der Waals surface area contributed by atoms with Crippen molar-refractivity contribution in [3.05, 3.63) is 0 Å². The van der Waals surface area contributed by atoms with Crippen LogP contribution >= 0.6 is 0 Å². The Morgan fingerprint density at radius 2 is 2.00 bits per heavy atom. The van der Waals surface area contributed by atoms with Crippen LogP contribution in [-0.4, -0.2) is 30.9 Å². The van der Waals surface area contributed by atoms with Gasteiger partial charge in [0.2, 0.25) is 11.8 Å². The molecule has 0 bridgehead atoms. The SMILES string of the molecule is COC(=O)[C@@H](CCC(N)=O)NC(C)=O. The Morgan fingerprint density at radius 1 is 1.43 bits per heavy atom. The first-order chi connectivity index (χ1) is 6.47. The number of carbonyl (C=O) groups excluding carboxylic acids is 3. The zero-order valence-corrected chi connectivity index (χ0v) is 8.20. The second kappa shape index (κ2) is 5.95. The third-order valence-corrected chi connectivity index (χ3v) is 1.54. The van der Waals surface area contributed by atoms with Crippen molar-refractivity contribution in [3.8, 4) is 0 Å². The van der Waals surface area contributed by atoms with Crippen molar-refractivity contribution < 1.29 is 19.1 Å². The number of ether oxygens (including phenoxy) is 1. The third-order valence-electron chi connectivity index (χ3n) is 1.54. The minimum absolute atomic E-state index is 0.0278. The summed E-state index contributed by atoms with van der Waals surface area (Å²) in [7, 11) is 1.21. The van der Waals surface area contributed by atoms with E-state index in [4.69, 9.17) is 5.73 Å². The summed E-state index contributed by atoms with van der Waals surface area (Å²) in [6.07, 6.45) is 0.182. The number of hydrogen-bond acceptors (Lipinski definition) is 4. The third kappa shape index (κ3) is 5.13. The molecule has 0 aliphatic heterocycles. The van der Waals surface area contributed by atoms with Crippen LogP contribution in [0.2, 0.25) is 0 Å². The first kappa shape index (κ1) is 12.4. The second-order valence-corrected chi connectivity index (χ2v) is 2.78. The largest absolute Gasteiger partial charge is 0.467 e. The summed E-state index contributed by atoms with van der Waals surface area (Å²) in [5.41, 5.74) is 4.91. The summed E-state index contributed by atoms with van der Waals surface area (Å²) in [5.74, 6) is -1.46. The quantitative estimate of drug-likeness (QED) is 0.554. The lowest BCUT2D eigenvalue weighted by Crippen LogP contribution is -2.41. The van der Waals surface area contributed by atoms with Crippen LogP contribution in [0.4, 0.5) is 0 Å². The number of methoxy groups -OCH3 is 1. The van der Waals surface area contributed by atoms with E-state index in [0.717, 1.165) is 0 Å². The molecule has 0 saturated heterocycles. The van der Waals surface area contributed by atoms with E-state index >= 15 is 0 Å². The molecule has 0 rings (SSSR count). The Kier molecular flexibility index (Phi) is 5.28. The molecule has 0 spiro atoms. The van der Waals surface area contributed by atoms with E-state index in [1.54, 1.807) is 0 Å². The van der Waals surface area contributed by atoms with Crippen molar-refractivity contribution >= 4 is 17.8 Å². The van der Waals surface area contributed by atoms with Crippen molar-refractivity contribution in [2.45, 2.75) is 25.8 Å². The van der Waals surface area contributed by atoms with Gasteiger partial charge in [0.05, 0.1) is 7.11 Å². The van der Waals surface area contributed by atoms with Gasteiger partial charge in [0.1, 0.15) is 6.04 Å². The molecule has 1 atom stereocenters.